The monoisotopic (exact) mass is 216 g/mol. The molecule has 2 heteroatoms. The average molecular weight is 217 g/mol. The van der Waals surface area contributed by atoms with Crippen LogP contribution in [0.2, 0.25) is 0 Å². The van der Waals surface area contributed by atoms with E-state index in [1.54, 1.807) is 6.07 Å². The van der Waals surface area contributed by atoms with Gasteiger partial charge < -0.3 is 0 Å². The maximum absolute atomic E-state index is 13.0. The van der Waals surface area contributed by atoms with E-state index in [9.17, 15) is 4.39 Å². The molecule has 0 bridgehead atoms. The molecule has 0 aromatic heterocycles. The highest BCUT2D eigenvalue weighted by Gasteiger charge is 2.03. The van der Waals surface area contributed by atoms with E-state index in [2.05, 4.69) is 15.9 Å². The van der Waals surface area contributed by atoms with Crippen LogP contribution in [0.5, 0.6) is 0 Å². The number of benzene rings is 1. The molecule has 1 aromatic rings. The van der Waals surface area contributed by atoms with Crippen molar-refractivity contribution in [1.82, 2.24) is 0 Å². The number of alkyl halides is 1. The van der Waals surface area contributed by atoms with Gasteiger partial charge in [0.25, 0.3) is 0 Å². The molecule has 0 atom stereocenters. The van der Waals surface area contributed by atoms with Gasteiger partial charge in [-0.1, -0.05) is 35.0 Å². The van der Waals surface area contributed by atoms with Gasteiger partial charge in [0.15, 0.2) is 0 Å². The van der Waals surface area contributed by atoms with Crippen LogP contribution in [-0.2, 0) is 11.8 Å². The van der Waals surface area contributed by atoms with E-state index < -0.39 is 0 Å². The van der Waals surface area contributed by atoms with E-state index in [1.165, 1.54) is 6.07 Å². The second-order valence-electron chi connectivity index (χ2n) is 2.36. The Bertz CT molecular complexity index is 245. The Labute approximate surface area is 74.6 Å². The summed E-state index contributed by atoms with van der Waals surface area (Å²) >= 11 is 3.26. The minimum absolute atomic E-state index is 0.110. The normalized spacial score (nSPS) is 10.1. The average Bonchev–Trinajstić information content (AvgIpc) is 2.04. The third-order valence-electron chi connectivity index (χ3n) is 1.73. The van der Waals surface area contributed by atoms with Crippen LogP contribution >= 0.6 is 15.9 Å². The first-order chi connectivity index (χ1) is 5.29. The van der Waals surface area contributed by atoms with Gasteiger partial charge in [-0.3, -0.25) is 0 Å². The van der Waals surface area contributed by atoms with Gasteiger partial charge in [0.2, 0.25) is 0 Å². The molecule has 0 amide bonds. The van der Waals surface area contributed by atoms with Gasteiger partial charge in [-0.15, -0.1) is 0 Å². The standard InChI is InChI=1S/C9H10BrF/c1-2-7-4-3-5-9(11)8(7)6-10/h3-5H,2,6H2,1H3. The molecular weight excluding hydrogens is 207 g/mol. The predicted octanol–water partition coefficient (Wildman–Crippen LogP) is 3.28. The maximum atomic E-state index is 13.0. The zero-order chi connectivity index (χ0) is 8.27. The molecule has 0 unspecified atom stereocenters. The van der Waals surface area contributed by atoms with E-state index >= 15 is 0 Å². The van der Waals surface area contributed by atoms with E-state index in [0.717, 1.165) is 17.5 Å². The van der Waals surface area contributed by atoms with Gasteiger partial charge in [0.1, 0.15) is 5.82 Å². The first kappa shape index (κ1) is 8.72. The molecule has 0 heterocycles. The van der Waals surface area contributed by atoms with Crippen LogP contribution in [0.25, 0.3) is 0 Å². The lowest BCUT2D eigenvalue weighted by Gasteiger charge is -2.04. The van der Waals surface area contributed by atoms with Crippen molar-refractivity contribution in [2.75, 3.05) is 0 Å². The van der Waals surface area contributed by atoms with Crippen LogP contribution in [-0.4, -0.2) is 0 Å². The zero-order valence-electron chi connectivity index (χ0n) is 6.40. The third-order valence-corrected chi connectivity index (χ3v) is 2.29. The molecule has 0 fully saturated rings. The molecule has 0 saturated heterocycles. The summed E-state index contributed by atoms with van der Waals surface area (Å²) in [5.74, 6) is -0.110. The Morgan fingerprint density at radius 2 is 2.18 bits per heavy atom. The molecule has 0 aliphatic carbocycles. The fourth-order valence-corrected chi connectivity index (χ4v) is 1.71. The van der Waals surface area contributed by atoms with Gasteiger partial charge in [-0.05, 0) is 18.1 Å². The van der Waals surface area contributed by atoms with Crippen LogP contribution in [0.4, 0.5) is 4.39 Å². The minimum atomic E-state index is -0.110. The molecule has 1 aromatic carbocycles. The Hall–Kier alpha value is -0.370. The predicted molar refractivity (Wildman–Crippen MR) is 48.4 cm³/mol. The summed E-state index contributed by atoms with van der Waals surface area (Å²) in [6.07, 6.45) is 0.888. The Morgan fingerprint density at radius 3 is 2.64 bits per heavy atom. The van der Waals surface area contributed by atoms with E-state index in [4.69, 9.17) is 0 Å². The molecule has 0 nitrogen and oxygen atoms in total. The van der Waals surface area contributed by atoms with Gasteiger partial charge in [-0.25, -0.2) is 4.39 Å². The van der Waals surface area contributed by atoms with Crippen molar-refractivity contribution in [1.29, 1.82) is 0 Å². The summed E-state index contributed by atoms with van der Waals surface area (Å²) in [7, 11) is 0. The number of rotatable bonds is 2. The quantitative estimate of drug-likeness (QED) is 0.667. The van der Waals surface area contributed by atoms with Gasteiger partial charge in [-0.2, -0.15) is 0 Å². The number of hydrogen-bond acceptors (Lipinski definition) is 0. The first-order valence-electron chi connectivity index (χ1n) is 3.61. The fraction of sp³-hybridized carbons (Fsp3) is 0.333. The second kappa shape index (κ2) is 3.86. The molecular formula is C9H10BrF. The first-order valence-corrected chi connectivity index (χ1v) is 4.74. The Morgan fingerprint density at radius 1 is 1.45 bits per heavy atom. The molecule has 60 valence electrons. The van der Waals surface area contributed by atoms with E-state index in [1.807, 2.05) is 13.0 Å². The lowest BCUT2D eigenvalue weighted by Crippen LogP contribution is -1.92. The molecule has 0 aliphatic rings. The number of halogens is 2. The molecule has 0 saturated carbocycles. The van der Waals surface area contributed by atoms with Crippen LogP contribution in [0, 0.1) is 5.82 Å². The molecule has 0 N–H and O–H groups in total. The highest BCUT2D eigenvalue weighted by atomic mass is 79.9. The smallest absolute Gasteiger partial charge is 0.127 e. The van der Waals surface area contributed by atoms with Crippen molar-refractivity contribution in [3.05, 3.63) is 35.1 Å². The van der Waals surface area contributed by atoms with Crippen LogP contribution in [0.3, 0.4) is 0 Å². The highest BCUT2D eigenvalue weighted by Crippen LogP contribution is 2.16. The molecule has 0 radical (unpaired) electrons. The molecule has 0 aliphatic heterocycles. The van der Waals surface area contributed by atoms with Gasteiger partial charge >= 0.3 is 0 Å². The minimum Gasteiger partial charge on any atom is -0.207 e. The second-order valence-corrected chi connectivity index (χ2v) is 2.93. The summed E-state index contributed by atoms with van der Waals surface area (Å²) in [5, 5.41) is 0.600. The van der Waals surface area contributed by atoms with Crippen molar-refractivity contribution in [3.8, 4) is 0 Å². The van der Waals surface area contributed by atoms with Crippen LogP contribution in [0.1, 0.15) is 18.1 Å². The topological polar surface area (TPSA) is 0 Å². The zero-order valence-corrected chi connectivity index (χ0v) is 7.99. The Balaban J connectivity index is 3.13. The maximum Gasteiger partial charge on any atom is 0.127 e. The van der Waals surface area contributed by atoms with Crippen LogP contribution < -0.4 is 0 Å². The van der Waals surface area contributed by atoms with E-state index in [0.29, 0.717) is 5.33 Å². The van der Waals surface area contributed by atoms with Crippen molar-refractivity contribution in [3.63, 3.8) is 0 Å². The molecule has 11 heavy (non-hydrogen) atoms. The highest BCUT2D eigenvalue weighted by molar-refractivity contribution is 9.08. The fourth-order valence-electron chi connectivity index (χ4n) is 1.08. The number of hydrogen-bond donors (Lipinski definition) is 0. The van der Waals surface area contributed by atoms with Crippen LogP contribution in [0.15, 0.2) is 18.2 Å². The van der Waals surface area contributed by atoms with Gasteiger partial charge in [0, 0.05) is 10.9 Å². The van der Waals surface area contributed by atoms with Crippen molar-refractivity contribution < 1.29 is 4.39 Å². The van der Waals surface area contributed by atoms with Crippen molar-refractivity contribution >= 4 is 15.9 Å². The summed E-state index contributed by atoms with van der Waals surface area (Å²) < 4.78 is 13.0. The van der Waals surface area contributed by atoms with Crippen molar-refractivity contribution in [2.45, 2.75) is 18.7 Å². The lowest BCUT2D eigenvalue weighted by molar-refractivity contribution is 0.615. The molecule has 1 rings (SSSR count). The largest absolute Gasteiger partial charge is 0.207 e. The summed E-state index contributed by atoms with van der Waals surface area (Å²) in [6.45, 7) is 2.03. The molecule has 0 spiro atoms. The lowest BCUT2D eigenvalue weighted by atomic mass is 10.1. The van der Waals surface area contributed by atoms with E-state index in [-0.39, 0.29) is 5.82 Å². The summed E-state index contributed by atoms with van der Waals surface area (Å²) in [6, 6.07) is 5.20. The number of aryl methyl sites for hydroxylation is 1. The van der Waals surface area contributed by atoms with Gasteiger partial charge in [0.05, 0.1) is 0 Å². The Kier molecular flexibility index (Phi) is 3.06. The third kappa shape index (κ3) is 1.80. The van der Waals surface area contributed by atoms with Crippen molar-refractivity contribution in [2.24, 2.45) is 0 Å². The summed E-state index contributed by atoms with van der Waals surface area (Å²) in [5.41, 5.74) is 1.87. The summed E-state index contributed by atoms with van der Waals surface area (Å²) in [4.78, 5) is 0. The SMILES string of the molecule is CCc1cccc(F)c1CBr.